The number of carbonyl (C=O) groups is 3. The number of halogens is 3. The SMILES string of the molecule is Cn1c(=O)n(C2CCC(=O)NC2=O)c2cccc(N3CCN(C[C@H]4CC[C@H](n5cc6cc(NC(=O)c7cccc(C(C)(C)F)n7)c(C(F)F)cc6n5)CC4)CC3)c21. The normalized spacial score (nSPS) is 21.1. The number of imidazole rings is 1. The van der Waals surface area contributed by atoms with Crippen LogP contribution in [0.3, 0.4) is 0 Å². The van der Waals surface area contributed by atoms with Gasteiger partial charge in [-0.05, 0) is 88.3 Å². The average molecular weight is 786 g/mol. The monoisotopic (exact) mass is 785 g/mol. The summed E-state index contributed by atoms with van der Waals surface area (Å²) >= 11 is 0. The van der Waals surface area contributed by atoms with Crippen LogP contribution in [-0.4, -0.2) is 79.2 Å². The zero-order valence-corrected chi connectivity index (χ0v) is 32.2. The molecule has 13 nitrogen and oxygen atoms in total. The first-order chi connectivity index (χ1) is 27.2. The summed E-state index contributed by atoms with van der Waals surface area (Å²) in [7, 11) is 1.73. The number of para-hydroxylation sites is 1. The van der Waals surface area contributed by atoms with E-state index in [4.69, 9.17) is 0 Å². The first-order valence-electron chi connectivity index (χ1n) is 19.5. The number of fused-ring (bicyclic) bond motifs is 2. The fourth-order valence-electron chi connectivity index (χ4n) is 8.69. The van der Waals surface area contributed by atoms with Gasteiger partial charge in [-0.15, -0.1) is 0 Å². The van der Waals surface area contributed by atoms with E-state index >= 15 is 0 Å². The third-order valence-electron chi connectivity index (χ3n) is 11.8. The van der Waals surface area contributed by atoms with Crippen molar-refractivity contribution < 1.29 is 27.6 Å². The van der Waals surface area contributed by atoms with Gasteiger partial charge in [0.15, 0.2) is 0 Å². The number of imide groups is 1. The molecule has 1 atom stereocenters. The second-order valence-corrected chi connectivity index (χ2v) is 16.0. The van der Waals surface area contributed by atoms with Crippen LogP contribution in [0.5, 0.6) is 0 Å². The van der Waals surface area contributed by atoms with Gasteiger partial charge in [-0.25, -0.2) is 22.9 Å². The van der Waals surface area contributed by atoms with E-state index < -0.39 is 30.0 Å². The van der Waals surface area contributed by atoms with Gasteiger partial charge in [0.05, 0.1) is 39.7 Å². The Morgan fingerprint density at radius 1 is 0.982 bits per heavy atom. The molecule has 2 N–H and O–H groups in total. The van der Waals surface area contributed by atoms with Crippen molar-refractivity contribution in [1.82, 2.24) is 34.1 Å². The summed E-state index contributed by atoms with van der Waals surface area (Å²) in [4.78, 5) is 59.8. The molecule has 8 rings (SSSR count). The number of aryl methyl sites for hydroxylation is 1. The van der Waals surface area contributed by atoms with Crippen molar-refractivity contribution >= 4 is 51.0 Å². The molecule has 2 aromatic carbocycles. The van der Waals surface area contributed by atoms with Crippen molar-refractivity contribution in [1.29, 1.82) is 0 Å². The van der Waals surface area contributed by atoms with Gasteiger partial charge in [0.2, 0.25) is 11.8 Å². The summed E-state index contributed by atoms with van der Waals surface area (Å²) < 4.78 is 47.9. The number of rotatable bonds is 9. The number of pyridine rings is 1. The van der Waals surface area contributed by atoms with Crippen molar-refractivity contribution in [3.63, 3.8) is 0 Å². The number of aromatic nitrogens is 5. The number of nitrogens with zero attached hydrogens (tertiary/aromatic N) is 7. The topological polar surface area (TPSA) is 139 Å². The van der Waals surface area contributed by atoms with Crippen LogP contribution in [0.2, 0.25) is 0 Å². The Labute approximate surface area is 326 Å². The number of hydrogen-bond donors (Lipinski definition) is 2. The molecule has 1 unspecified atom stereocenters. The predicted molar refractivity (Wildman–Crippen MR) is 209 cm³/mol. The Morgan fingerprint density at radius 3 is 2.42 bits per heavy atom. The van der Waals surface area contributed by atoms with Crippen LogP contribution in [0.25, 0.3) is 21.9 Å². The van der Waals surface area contributed by atoms with Crippen LogP contribution in [0.15, 0.2) is 59.5 Å². The highest BCUT2D eigenvalue weighted by Crippen LogP contribution is 2.37. The van der Waals surface area contributed by atoms with E-state index in [1.807, 2.05) is 29.1 Å². The Bertz CT molecular complexity index is 2420. The molecule has 0 spiro atoms. The lowest BCUT2D eigenvalue weighted by Gasteiger charge is -2.39. The van der Waals surface area contributed by atoms with E-state index in [0.29, 0.717) is 22.3 Å². The number of amides is 3. The van der Waals surface area contributed by atoms with Crippen LogP contribution >= 0.6 is 0 Å². The number of nitrogens with one attached hydrogen (secondary N) is 2. The van der Waals surface area contributed by atoms with Gasteiger partial charge in [-0.1, -0.05) is 12.1 Å². The van der Waals surface area contributed by atoms with Crippen LogP contribution in [0.1, 0.15) is 92.6 Å². The molecule has 3 aliphatic rings. The Kier molecular flexibility index (Phi) is 10.2. The minimum absolute atomic E-state index is 0.0380. The minimum Gasteiger partial charge on any atom is -0.367 e. The molecule has 5 aromatic rings. The number of alkyl halides is 3. The van der Waals surface area contributed by atoms with Gasteiger partial charge < -0.3 is 10.2 Å². The highest BCUT2D eigenvalue weighted by molar-refractivity contribution is 6.04. The summed E-state index contributed by atoms with van der Waals surface area (Å²) in [6, 6.07) is 12.4. The largest absolute Gasteiger partial charge is 0.367 e. The lowest BCUT2D eigenvalue weighted by atomic mass is 9.85. The Hall–Kier alpha value is -5.51. The summed E-state index contributed by atoms with van der Waals surface area (Å²) in [6.07, 6.45) is 3.28. The predicted octanol–water partition coefficient (Wildman–Crippen LogP) is 6.01. The standard InChI is InChI=1S/C41H46F3N9O4/c1-41(2,44)34-9-4-6-28(45-34)38(55)46-30-20-25-23-52(48-29(25)21-27(30)37(42)43)26-12-10-24(11-13-26)22-50-16-18-51(19-17-50)31-7-5-8-32-36(31)49(3)40(57)53(32)33-14-15-35(54)47-39(33)56/h4-9,20-21,23-24,26,33,37H,10-19,22H2,1-3H3,(H,46,55)(H,47,54,56)/t24-,26-,33?. The maximum absolute atomic E-state index is 14.5. The molecule has 1 saturated carbocycles. The molecule has 300 valence electrons. The maximum atomic E-state index is 14.5. The molecule has 3 amide bonds. The maximum Gasteiger partial charge on any atom is 0.329 e. The first kappa shape index (κ1) is 38.4. The zero-order valence-electron chi connectivity index (χ0n) is 32.2. The van der Waals surface area contributed by atoms with Gasteiger partial charge in [0.1, 0.15) is 17.4 Å². The number of hydrogen-bond acceptors (Lipinski definition) is 8. The number of carbonyl (C=O) groups excluding carboxylic acids is 3. The van der Waals surface area contributed by atoms with E-state index in [2.05, 4.69) is 30.5 Å². The summed E-state index contributed by atoms with van der Waals surface area (Å²) in [5.74, 6) is -0.972. The van der Waals surface area contributed by atoms with Crippen molar-refractivity contribution in [2.24, 2.45) is 13.0 Å². The third-order valence-corrected chi connectivity index (χ3v) is 11.8. The second kappa shape index (κ2) is 15.1. The summed E-state index contributed by atoms with van der Waals surface area (Å²) in [5.41, 5.74) is 0.385. The molecule has 2 aliphatic heterocycles. The van der Waals surface area contributed by atoms with Crippen LogP contribution in [0.4, 0.5) is 24.5 Å². The van der Waals surface area contributed by atoms with Gasteiger partial charge >= 0.3 is 5.69 Å². The Morgan fingerprint density at radius 2 is 1.72 bits per heavy atom. The molecule has 3 aromatic heterocycles. The van der Waals surface area contributed by atoms with Gasteiger partial charge in [-0.3, -0.25) is 38.4 Å². The molecule has 3 fully saturated rings. The summed E-state index contributed by atoms with van der Waals surface area (Å²) in [6.45, 7) is 6.93. The van der Waals surface area contributed by atoms with E-state index in [9.17, 15) is 32.3 Å². The highest BCUT2D eigenvalue weighted by atomic mass is 19.3. The molecule has 0 bridgehead atoms. The van der Waals surface area contributed by atoms with Crippen molar-refractivity contribution in [3.05, 3.63) is 82.2 Å². The van der Waals surface area contributed by atoms with Crippen molar-refractivity contribution in [3.8, 4) is 0 Å². The third kappa shape index (κ3) is 7.54. The number of benzene rings is 2. The zero-order chi connectivity index (χ0) is 40.2. The number of anilines is 2. The lowest BCUT2D eigenvalue weighted by Crippen LogP contribution is -2.48. The van der Waals surface area contributed by atoms with Crippen molar-refractivity contribution in [2.45, 2.75) is 76.6 Å². The van der Waals surface area contributed by atoms with Crippen molar-refractivity contribution in [2.75, 3.05) is 42.9 Å². The Balaban J connectivity index is 0.887. The molecule has 16 heteroatoms. The lowest BCUT2D eigenvalue weighted by molar-refractivity contribution is -0.135. The van der Waals surface area contributed by atoms with E-state index in [1.165, 1.54) is 48.7 Å². The fourth-order valence-corrected chi connectivity index (χ4v) is 8.69. The molecule has 1 aliphatic carbocycles. The minimum atomic E-state index is -2.86. The van der Waals surface area contributed by atoms with E-state index in [-0.39, 0.29) is 53.1 Å². The molecular weight excluding hydrogens is 740 g/mol. The highest BCUT2D eigenvalue weighted by Gasteiger charge is 2.33. The fraction of sp³-hybridized carbons (Fsp3) is 0.463. The van der Waals surface area contributed by atoms with Crippen LogP contribution < -0.4 is 21.2 Å². The average Bonchev–Trinajstić information content (AvgIpc) is 3.72. The second-order valence-electron chi connectivity index (χ2n) is 16.0. The molecule has 0 radical (unpaired) electrons. The van der Waals surface area contributed by atoms with E-state index in [1.54, 1.807) is 11.6 Å². The van der Waals surface area contributed by atoms with E-state index in [0.717, 1.165) is 69.6 Å². The molecule has 5 heterocycles. The van der Waals surface area contributed by atoms with Crippen LogP contribution in [-0.2, 0) is 22.3 Å². The molecule has 57 heavy (non-hydrogen) atoms. The van der Waals surface area contributed by atoms with Gasteiger partial charge in [0, 0.05) is 63.3 Å². The van der Waals surface area contributed by atoms with Gasteiger partial charge in [-0.2, -0.15) is 5.10 Å². The summed E-state index contributed by atoms with van der Waals surface area (Å²) in [5, 5.41) is 10.3. The number of piperidine rings is 1. The molecular formula is C41H46F3N9O4. The first-order valence-corrected chi connectivity index (χ1v) is 19.5. The smallest absolute Gasteiger partial charge is 0.329 e. The quantitative estimate of drug-likeness (QED) is 0.173. The van der Waals surface area contributed by atoms with Crippen LogP contribution in [0, 0.1) is 5.92 Å². The number of piperazine rings is 1. The van der Waals surface area contributed by atoms with Gasteiger partial charge in [0.25, 0.3) is 12.3 Å². The molecule has 2 saturated heterocycles.